The number of benzene rings is 1. The molecule has 1 heterocycles. The third-order valence-electron chi connectivity index (χ3n) is 4.84. The van der Waals surface area contributed by atoms with Crippen LogP contribution >= 0.6 is 24.0 Å². The molecule has 1 saturated heterocycles. The van der Waals surface area contributed by atoms with Crippen molar-refractivity contribution >= 4 is 40.0 Å². The monoisotopic (exact) mass is 523 g/mol. The number of guanidine groups is 1. The number of nitrogens with one attached hydrogen (secondary N) is 2. The van der Waals surface area contributed by atoms with Crippen LogP contribution in [0.2, 0.25) is 0 Å². The SMILES string of the molecule is CCC(c1ccccc1)N1CCN(C(=NC)NCCCNS(C)(=O)=O)CC1.I. The van der Waals surface area contributed by atoms with Gasteiger partial charge in [0, 0.05) is 52.4 Å². The van der Waals surface area contributed by atoms with Crippen molar-refractivity contribution in [2.45, 2.75) is 25.8 Å². The Bertz CT molecular complexity index is 692. The zero-order valence-corrected chi connectivity index (χ0v) is 20.2. The normalized spacial score (nSPS) is 17.1. The fourth-order valence-corrected chi connectivity index (χ4v) is 4.02. The molecule has 7 nitrogen and oxygen atoms in total. The van der Waals surface area contributed by atoms with Gasteiger partial charge in [0.15, 0.2) is 5.96 Å². The van der Waals surface area contributed by atoms with E-state index in [2.05, 4.69) is 62.1 Å². The van der Waals surface area contributed by atoms with Crippen LogP contribution in [0.25, 0.3) is 0 Å². The van der Waals surface area contributed by atoms with Gasteiger partial charge in [-0.3, -0.25) is 9.89 Å². The highest BCUT2D eigenvalue weighted by Gasteiger charge is 2.25. The lowest BCUT2D eigenvalue weighted by Crippen LogP contribution is -2.53. The smallest absolute Gasteiger partial charge is 0.208 e. The molecule has 9 heteroatoms. The molecule has 0 aliphatic carbocycles. The Balaban J connectivity index is 0.00000392. The van der Waals surface area contributed by atoms with Crippen molar-refractivity contribution in [2.75, 3.05) is 52.6 Å². The van der Waals surface area contributed by atoms with E-state index in [-0.39, 0.29) is 24.0 Å². The van der Waals surface area contributed by atoms with Crippen LogP contribution < -0.4 is 10.0 Å². The molecule has 160 valence electrons. The Morgan fingerprint density at radius 1 is 1.14 bits per heavy atom. The summed E-state index contributed by atoms with van der Waals surface area (Å²) >= 11 is 0. The Labute approximate surface area is 187 Å². The topological polar surface area (TPSA) is 77.0 Å². The summed E-state index contributed by atoms with van der Waals surface area (Å²) in [6.07, 6.45) is 3.00. The standard InChI is InChI=1S/C19H33N5O2S.HI/c1-4-18(17-9-6-5-7-10-17)23-13-15-24(16-14-23)19(20-2)21-11-8-12-22-27(3,25)26;/h5-7,9-10,18,22H,4,8,11-16H2,1-3H3,(H,20,21);1H. The maximum absolute atomic E-state index is 11.1. The van der Waals surface area contributed by atoms with Gasteiger partial charge in [0.25, 0.3) is 0 Å². The molecule has 1 atom stereocenters. The van der Waals surface area contributed by atoms with Crippen LogP contribution in [0.5, 0.6) is 0 Å². The minimum Gasteiger partial charge on any atom is -0.356 e. The third-order valence-corrected chi connectivity index (χ3v) is 5.57. The van der Waals surface area contributed by atoms with Gasteiger partial charge in [-0.15, -0.1) is 24.0 Å². The van der Waals surface area contributed by atoms with Gasteiger partial charge in [-0.25, -0.2) is 13.1 Å². The summed E-state index contributed by atoms with van der Waals surface area (Å²) in [5.74, 6) is 0.891. The Morgan fingerprint density at radius 2 is 1.79 bits per heavy atom. The predicted octanol–water partition coefficient (Wildman–Crippen LogP) is 1.89. The van der Waals surface area contributed by atoms with Crippen molar-refractivity contribution in [3.63, 3.8) is 0 Å². The van der Waals surface area contributed by atoms with Crippen LogP contribution in [-0.4, -0.2) is 76.7 Å². The van der Waals surface area contributed by atoms with Gasteiger partial charge in [0.1, 0.15) is 0 Å². The molecule has 0 spiro atoms. The highest BCUT2D eigenvalue weighted by molar-refractivity contribution is 14.0. The predicted molar refractivity (Wildman–Crippen MR) is 127 cm³/mol. The first-order valence-electron chi connectivity index (χ1n) is 9.64. The van der Waals surface area contributed by atoms with Crippen molar-refractivity contribution in [1.29, 1.82) is 0 Å². The Hall–Kier alpha value is -0.910. The molecule has 0 bridgehead atoms. The van der Waals surface area contributed by atoms with Gasteiger partial charge < -0.3 is 10.2 Å². The fraction of sp³-hybridized carbons (Fsp3) is 0.632. The summed E-state index contributed by atoms with van der Waals surface area (Å²) in [6.45, 7) is 7.25. The number of hydrogen-bond donors (Lipinski definition) is 2. The lowest BCUT2D eigenvalue weighted by molar-refractivity contribution is 0.127. The van der Waals surface area contributed by atoms with Crippen LogP contribution in [0.3, 0.4) is 0 Å². The van der Waals surface area contributed by atoms with Crippen LogP contribution in [0, 0.1) is 0 Å². The summed E-state index contributed by atoms with van der Waals surface area (Å²) in [5, 5.41) is 3.34. The molecule has 1 aliphatic rings. The average Bonchev–Trinajstić information content (AvgIpc) is 2.66. The first-order valence-corrected chi connectivity index (χ1v) is 11.5. The zero-order valence-electron chi connectivity index (χ0n) is 17.1. The van der Waals surface area contributed by atoms with Crippen LogP contribution in [0.4, 0.5) is 0 Å². The van der Waals surface area contributed by atoms with Crippen molar-refractivity contribution in [2.24, 2.45) is 4.99 Å². The second kappa shape index (κ2) is 12.6. The lowest BCUT2D eigenvalue weighted by atomic mass is 10.0. The average molecular weight is 523 g/mol. The van der Waals surface area contributed by atoms with Gasteiger partial charge in [0.2, 0.25) is 10.0 Å². The number of halogens is 1. The number of aliphatic imine (C=N–C) groups is 1. The minimum atomic E-state index is -3.11. The largest absolute Gasteiger partial charge is 0.356 e. The Kier molecular flexibility index (Phi) is 11.3. The van der Waals surface area contributed by atoms with Crippen LogP contribution in [-0.2, 0) is 10.0 Å². The van der Waals surface area contributed by atoms with E-state index >= 15 is 0 Å². The number of rotatable bonds is 8. The van der Waals surface area contributed by atoms with E-state index in [9.17, 15) is 8.42 Å². The van der Waals surface area contributed by atoms with Gasteiger partial charge in [-0.1, -0.05) is 37.3 Å². The van der Waals surface area contributed by atoms with Crippen molar-refractivity contribution < 1.29 is 8.42 Å². The number of sulfonamides is 1. The van der Waals surface area contributed by atoms with Crippen LogP contribution in [0.1, 0.15) is 31.4 Å². The van der Waals surface area contributed by atoms with Crippen molar-refractivity contribution in [1.82, 2.24) is 19.8 Å². The highest BCUT2D eigenvalue weighted by atomic mass is 127. The summed E-state index contributed by atoms with van der Waals surface area (Å²) < 4.78 is 24.7. The summed E-state index contributed by atoms with van der Waals surface area (Å²) in [7, 11) is -1.32. The summed E-state index contributed by atoms with van der Waals surface area (Å²) in [4.78, 5) is 9.21. The Morgan fingerprint density at radius 3 is 2.32 bits per heavy atom. The van der Waals surface area contributed by atoms with Gasteiger partial charge >= 0.3 is 0 Å². The molecular formula is C19H34IN5O2S. The molecule has 0 radical (unpaired) electrons. The molecule has 1 unspecified atom stereocenters. The van der Waals surface area contributed by atoms with E-state index in [0.29, 0.717) is 19.1 Å². The van der Waals surface area contributed by atoms with Crippen LogP contribution in [0.15, 0.2) is 35.3 Å². The first kappa shape index (κ1) is 25.1. The molecule has 0 saturated carbocycles. The fourth-order valence-electron chi connectivity index (χ4n) is 3.50. The van der Waals surface area contributed by atoms with E-state index in [1.807, 2.05) is 0 Å². The van der Waals surface area contributed by atoms with E-state index in [1.165, 1.54) is 11.8 Å². The number of piperazine rings is 1. The van der Waals surface area contributed by atoms with Gasteiger partial charge in [-0.2, -0.15) is 0 Å². The maximum Gasteiger partial charge on any atom is 0.208 e. The number of nitrogens with zero attached hydrogens (tertiary/aromatic N) is 3. The van der Waals surface area contributed by atoms with E-state index in [0.717, 1.165) is 45.0 Å². The number of hydrogen-bond acceptors (Lipinski definition) is 4. The molecule has 28 heavy (non-hydrogen) atoms. The zero-order chi connectivity index (χ0) is 19.7. The van der Waals surface area contributed by atoms with E-state index < -0.39 is 10.0 Å². The first-order chi connectivity index (χ1) is 12.9. The van der Waals surface area contributed by atoms with Crippen molar-refractivity contribution in [3.05, 3.63) is 35.9 Å². The molecule has 2 rings (SSSR count). The summed E-state index contributed by atoms with van der Waals surface area (Å²) in [6, 6.07) is 11.2. The molecule has 1 fully saturated rings. The lowest BCUT2D eigenvalue weighted by Gasteiger charge is -2.40. The third kappa shape index (κ3) is 8.22. The second-order valence-electron chi connectivity index (χ2n) is 6.85. The minimum absolute atomic E-state index is 0. The van der Waals surface area contributed by atoms with Crippen molar-refractivity contribution in [3.8, 4) is 0 Å². The molecule has 1 aromatic rings. The second-order valence-corrected chi connectivity index (χ2v) is 8.68. The molecule has 2 N–H and O–H groups in total. The molecule has 0 aromatic heterocycles. The molecule has 0 amide bonds. The molecular weight excluding hydrogens is 489 g/mol. The van der Waals surface area contributed by atoms with E-state index in [4.69, 9.17) is 0 Å². The molecule has 1 aliphatic heterocycles. The van der Waals surface area contributed by atoms with Gasteiger partial charge in [0.05, 0.1) is 6.26 Å². The quantitative estimate of drug-likeness (QED) is 0.236. The maximum atomic E-state index is 11.1. The molecule has 1 aromatic carbocycles. The summed E-state index contributed by atoms with van der Waals surface area (Å²) in [5.41, 5.74) is 1.38. The van der Waals surface area contributed by atoms with E-state index in [1.54, 1.807) is 7.05 Å². The highest BCUT2D eigenvalue weighted by Crippen LogP contribution is 2.25. The van der Waals surface area contributed by atoms with Gasteiger partial charge in [-0.05, 0) is 18.4 Å².